The number of amides is 3. The molecule has 0 aliphatic carbocycles. The van der Waals surface area contributed by atoms with Gasteiger partial charge in [0.05, 0.1) is 11.3 Å². The van der Waals surface area contributed by atoms with Gasteiger partial charge in [-0.15, -0.1) is 4.48 Å². The second kappa shape index (κ2) is 8.37. The van der Waals surface area contributed by atoms with Crippen LogP contribution in [-0.2, 0) is 37.2 Å². The molecule has 0 spiro atoms. The maximum atomic E-state index is 12.9. The molecule has 172 valence electrons. The standard InChI is InChI=1S/C21H19N3O8S/c25-17(12-14-4-2-1-3-5-14)22-18-19(26)24(10-11-33(30,31)20(18)24)21(27)32-13-15-6-8-16(9-7-15)23(28)29/h1-9,18,20H,10-13H2/p+1/t18?,20-,24?/m0/s1. The third-order valence-corrected chi connectivity index (χ3v) is 7.95. The molecule has 2 aliphatic rings. The van der Waals surface area contributed by atoms with Gasteiger partial charge in [-0.2, -0.15) is 4.79 Å². The number of nitrogens with one attached hydrogen (secondary N) is 1. The van der Waals surface area contributed by atoms with E-state index in [1.807, 2.05) is 0 Å². The molecule has 2 heterocycles. The molecule has 2 fully saturated rings. The smallest absolute Gasteiger partial charge is 0.415 e. The number of β-lactam (4-membered cyclic amide) rings is 1. The summed E-state index contributed by atoms with van der Waals surface area (Å²) in [5.74, 6) is -1.66. The number of nitro groups is 1. The Morgan fingerprint density at radius 2 is 1.76 bits per heavy atom. The highest BCUT2D eigenvalue weighted by molar-refractivity contribution is 7.92. The monoisotopic (exact) mass is 474 g/mol. The first-order valence-electron chi connectivity index (χ1n) is 10.0. The van der Waals surface area contributed by atoms with Crippen molar-refractivity contribution in [3.63, 3.8) is 0 Å². The second-order valence-electron chi connectivity index (χ2n) is 7.87. The lowest BCUT2D eigenvalue weighted by Crippen LogP contribution is -2.82. The summed E-state index contributed by atoms with van der Waals surface area (Å²) in [6.07, 6.45) is -1.07. The van der Waals surface area contributed by atoms with Crippen molar-refractivity contribution in [2.45, 2.75) is 24.4 Å². The van der Waals surface area contributed by atoms with Crippen LogP contribution < -0.4 is 5.32 Å². The SMILES string of the molecule is O=C(Cc1ccccc1)NC1C(=O)[N+]2(C(=O)OCc3ccc([N+](=O)[O-])cc3)CCS(=O)(=O)[C@@H]12. The molecule has 2 aliphatic heterocycles. The molecule has 0 saturated carbocycles. The third kappa shape index (κ3) is 3.98. The fourth-order valence-corrected chi connectivity index (χ4v) is 6.40. The number of hydrogen-bond donors (Lipinski definition) is 1. The Kier molecular flexibility index (Phi) is 5.72. The van der Waals surface area contributed by atoms with Crippen LogP contribution in [0.2, 0.25) is 0 Å². The summed E-state index contributed by atoms with van der Waals surface area (Å²) in [5, 5.41) is 11.8. The lowest BCUT2D eigenvalue weighted by molar-refractivity contribution is -0.817. The number of carbonyl (C=O) groups is 3. The van der Waals surface area contributed by atoms with Crippen LogP contribution in [0.5, 0.6) is 0 Å². The summed E-state index contributed by atoms with van der Waals surface area (Å²) >= 11 is 0. The summed E-state index contributed by atoms with van der Waals surface area (Å²) in [5.41, 5.74) is 0.996. The largest absolute Gasteiger partial charge is 0.525 e. The minimum atomic E-state index is -3.83. The van der Waals surface area contributed by atoms with Crippen molar-refractivity contribution in [2.75, 3.05) is 12.3 Å². The molecule has 2 aromatic rings. The van der Waals surface area contributed by atoms with Gasteiger partial charge >= 0.3 is 12.0 Å². The maximum absolute atomic E-state index is 12.9. The molecule has 1 N–H and O–H groups in total. The number of rotatable bonds is 6. The predicted molar refractivity (Wildman–Crippen MR) is 113 cm³/mol. The van der Waals surface area contributed by atoms with E-state index in [4.69, 9.17) is 4.74 Å². The number of nitrogens with zero attached hydrogens (tertiary/aromatic N) is 2. The van der Waals surface area contributed by atoms with Gasteiger partial charge in [0.2, 0.25) is 27.2 Å². The number of ether oxygens (including phenoxy) is 1. The van der Waals surface area contributed by atoms with Crippen LogP contribution in [-0.4, -0.2) is 59.4 Å². The van der Waals surface area contributed by atoms with Crippen LogP contribution in [0.25, 0.3) is 0 Å². The topological polar surface area (TPSA) is 150 Å². The number of imide groups is 1. The molecule has 2 aromatic carbocycles. The first-order valence-corrected chi connectivity index (χ1v) is 11.7. The minimum absolute atomic E-state index is 0.0397. The highest BCUT2D eigenvalue weighted by Crippen LogP contribution is 2.41. The van der Waals surface area contributed by atoms with Crippen LogP contribution in [0.1, 0.15) is 11.1 Å². The first-order chi connectivity index (χ1) is 15.6. The fraction of sp³-hybridized carbons (Fsp3) is 0.286. The van der Waals surface area contributed by atoms with Crippen LogP contribution >= 0.6 is 0 Å². The number of hydrogen-bond acceptors (Lipinski definition) is 8. The molecule has 0 bridgehead atoms. The van der Waals surface area contributed by atoms with E-state index < -0.39 is 48.6 Å². The first kappa shape index (κ1) is 22.6. The van der Waals surface area contributed by atoms with Crippen molar-refractivity contribution < 1.29 is 36.9 Å². The zero-order valence-electron chi connectivity index (χ0n) is 17.2. The van der Waals surface area contributed by atoms with Gasteiger partial charge in [-0.05, 0) is 23.3 Å². The number of carbonyl (C=O) groups excluding carboxylic acids is 3. The summed E-state index contributed by atoms with van der Waals surface area (Å²) in [6, 6.07) is 12.7. The molecule has 0 aromatic heterocycles. The van der Waals surface area contributed by atoms with E-state index >= 15 is 0 Å². The van der Waals surface area contributed by atoms with E-state index in [-0.39, 0.29) is 31.0 Å². The summed E-state index contributed by atoms with van der Waals surface area (Å²) in [6.45, 7) is -0.558. The molecule has 33 heavy (non-hydrogen) atoms. The molecular weight excluding hydrogens is 454 g/mol. The Hall–Kier alpha value is -3.64. The minimum Gasteiger partial charge on any atom is -0.415 e. The van der Waals surface area contributed by atoms with E-state index in [0.29, 0.717) is 11.1 Å². The molecule has 2 saturated heterocycles. The van der Waals surface area contributed by atoms with Crippen molar-refractivity contribution in [1.29, 1.82) is 0 Å². The molecule has 3 atom stereocenters. The highest BCUT2D eigenvalue weighted by Gasteiger charge is 2.78. The van der Waals surface area contributed by atoms with Crippen molar-refractivity contribution >= 4 is 33.4 Å². The Labute approximate surface area is 188 Å². The Balaban J connectivity index is 1.46. The van der Waals surface area contributed by atoms with Crippen molar-refractivity contribution in [3.05, 3.63) is 75.8 Å². The molecule has 12 heteroatoms. The van der Waals surface area contributed by atoms with E-state index in [2.05, 4.69) is 5.32 Å². The quantitative estimate of drug-likeness (QED) is 0.283. The van der Waals surface area contributed by atoms with E-state index in [1.54, 1.807) is 30.3 Å². The Morgan fingerprint density at radius 1 is 1.09 bits per heavy atom. The zero-order chi connectivity index (χ0) is 23.8. The van der Waals surface area contributed by atoms with Gasteiger partial charge in [0.25, 0.3) is 5.69 Å². The van der Waals surface area contributed by atoms with E-state index in [1.165, 1.54) is 24.3 Å². The fourth-order valence-electron chi connectivity index (χ4n) is 4.18. The molecular formula is C21H20N3O8S+. The van der Waals surface area contributed by atoms with Crippen LogP contribution in [0, 0.1) is 10.1 Å². The molecule has 3 amide bonds. The van der Waals surface area contributed by atoms with Crippen molar-refractivity contribution in [2.24, 2.45) is 0 Å². The average Bonchev–Trinajstić information content (AvgIpc) is 3.05. The van der Waals surface area contributed by atoms with Gasteiger partial charge in [0.15, 0.2) is 0 Å². The lowest BCUT2D eigenvalue weighted by Gasteiger charge is -2.44. The van der Waals surface area contributed by atoms with Crippen LogP contribution in [0.4, 0.5) is 10.5 Å². The number of fused-ring (bicyclic) bond motifs is 1. The molecule has 11 nitrogen and oxygen atoms in total. The number of nitro benzene ring substituents is 1. The molecule has 4 rings (SSSR count). The Morgan fingerprint density at radius 3 is 2.39 bits per heavy atom. The maximum Gasteiger partial charge on any atom is 0.525 e. The normalized spacial score (nSPS) is 24.9. The Bertz CT molecular complexity index is 1230. The van der Waals surface area contributed by atoms with E-state index in [0.717, 1.165) is 0 Å². The van der Waals surface area contributed by atoms with Gasteiger partial charge in [0, 0.05) is 12.1 Å². The van der Waals surface area contributed by atoms with Crippen molar-refractivity contribution in [3.8, 4) is 0 Å². The third-order valence-electron chi connectivity index (χ3n) is 5.83. The predicted octanol–water partition coefficient (Wildman–Crippen LogP) is 1.07. The molecule has 0 radical (unpaired) electrons. The van der Waals surface area contributed by atoms with Gasteiger partial charge in [0.1, 0.15) is 18.9 Å². The van der Waals surface area contributed by atoms with Gasteiger partial charge in [-0.3, -0.25) is 14.9 Å². The van der Waals surface area contributed by atoms with Crippen LogP contribution in [0.3, 0.4) is 0 Å². The molecule has 2 unspecified atom stereocenters. The summed E-state index contributed by atoms with van der Waals surface area (Å²) < 4.78 is 29.4. The van der Waals surface area contributed by atoms with Crippen molar-refractivity contribution in [1.82, 2.24) is 5.32 Å². The van der Waals surface area contributed by atoms with Gasteiger partial charge < -0.3 is 10.1 Å². The summed E-state index contributed by atoms with van der Waals surface area (Å²) in [4.78, 5) is 48.3. The average molecular weight is 474 g/mol. The number of benzene rings is 2. The highest BCUT2D eigenvalue weighted by atomic mass is 32.2. The number of sulfone groups is 1. The van der Waals surface area contributed by atoms with Gasteiger partial charge in [-0.1, -0.05) is 30.3 Å². The summed E-state index contributed by atoms with van der Waals surface area (Å²) in [7, 11) is -3.83. The van der Waals surface area contributed by atoms with Crippen LogP contribution in [0.15, 0.2) is 54.6 Å². The number of non-ortho nitro benzene ring substituents is 1. The second-order valence-corrected chi connectivity index (χ2v) is 10.1. The lowest BCUT2D eigenvalue weighted by atomic mass is 10.0. The number of quaternary nitrogens is 1. The van der Waals surface area contributed by atoms with Gasteiger partial charge in [-0.25, -0.2) is 13.2 Å². The zero-order valence-corrected chi connectivity index (χ0v) is 18.1. The van der Waals surface area contributed by atoms with E-state index in [9.17, 15) is 32.9 Å².